The number of rotatable bonds is 40. The lowest BCUT2D eigenvalue weighted by Gasteiger charge is -2.24. The SMILES string of the molecule is CCCCC/C=C\C/C=C\CC(O)/C=C\C=C\CCCC(=O)OC[C@H](COP(=O)(O)OCC[N+](C)(C)C)O/C=C/CCCCCCCCCCCCCCCC. The van der Waals surface area contributed by atoms with Gasteiger partial charge in [0.1, 0.15) is 19.8 Å². The van der Waals surface area contributed by atoms with E-state index < -0.39 is 20.0 Å². The Kier molecular flexibility index (Phi) is 37.1. The van der Waals surface area contributed by atoms with Crippen LogP contribution >= 0.6 is 7.82 Å². The number of esters is 1. The van der Waals surface area contributed by atoms with E-state index in [1.54, 1.807) is 12.3 Å². The fraction of sp³-hybridized carbons (Fsp3) is 0.761. The van der Waals surface area contributed by atoms with E-state index in [1.807, 2.05) is 51.5 Å². The van der Waals surface area contributed by atoms with E-state index in [2.05, 4.69) is 32.1 Å². The number of quaternary nitrogens is 1. The van der Waals surface area contributed by atoms with Crippen LogP contribution in [0.5, 0.6) is 0 Å². The molecule has 0 aromatic heterocycles. The standard InChI is InChI=1S/C46H84NO8P/c1-6-8-10-12-14-16-17-18-19-20-21-22-24-26-31-35-40-52-45(43-55-56(50,51)54-41-39-47(3,4)5)42-53-46(49)38-34-30-27-29-33-37-44(48)36-32-28-25-23-15-13-11-9-7-2/h15,23,27-29,32-33,35,37,40,44-45,48H,6-14,16-22,24-26,30-31,34,36,38-39,41-43H2,1-5H3/p+1/b23-15-,29-27+,32-28-,37-33-,40-35+/t44?,45-/m1/s1. The number of aliphatic hydroxyl groups is 1. The minimum Gasteiger partial charge on any atom is -0.492 e. The van der Waals surface area contributed by atoms with E-state index in [0.717, 1.165) is 25.7 Å². The summed E-state index contributed by atoms with van der Waals surface area (Å²) in [6, 6.07) is 0. The first-order valence-electron chi connectivity index (χ1n) is 22.2. The van der Waals surface area contributed by atoms with Crippen LogP contribution in [0.3, 0.4) is 0 Å². The molecule has 0 saturated heterocycles. The van der Waals surface area contributed by atoms with Gasteiger partial charge in [-0.1, -0.05) is 159 Å². The summed E-state index contributed by atoms with van der Waals surface area (Å²) < 4.78 is 34.6. The van der Waals surface area contributed by atoms with Crippen LogP contribution < -0.4 is 0 Å². The Morgan fingerprint density at radius 1 is 0.661 bits per heavy atom. The molecule has 2 unspecified atom stereocenters. The third-order valence-electron chi connectivity index (χ3n) is 9.25. The molecule has 0 amide bonds. The molecule has 0 fully saturated rings. The number of allylic oxidation sites excluding steroid dienone is 7. The Morgan fingerprint density at radius 2 is 1.21 bits per heavy atom. The fourth-order valence-electron chi connectivity index (χ4n) is 5.67. The van der Waals surface area contributed by atoms with Crippen molar-refractivity contribution in [1.29, 1.82) is 0 Å². The third kappa shape index (κ3) is 41.6. The first-order valence-corrected chi connectivity index (χ1v) is 23.7. The van der Waals surface area contributed by atoms with Crippen molar-refractivity contribution in [1.82, 2.24) is 0 Å². The number of ether oxygens (including phenoxy) is 2. The van der Waals surface area contributed by atoms with Gasteiger partial charge in [0.05, 0.1) is 40.1 Å². The number of aliphatic hydroxyl groups excluding tert-OH is 1. The molecular formula is C46H85NO8P+. The van der Waals surface area contributed by atoms with Gasteiger partial charge in [0.15, 0.2) is 6.10 Å². The third-order valence-corrected chi connectivity index (χ3v) is 10.2. The second-order valence-electron chi connectivity index (χ2n) is 16.0. The number of hydrogen-bond donors (Lipinski definition) is 2. The highest BCUT2D eigenvalue weighted by Crippen LogP contribution is 2.43. The van der Waals surface area contributed by atoms with Gasteiger partial charge in [0.2, 0.25) is 0 Å². The van der Waals surface area contributed by atoms with Crippen molar-refractivity contribution in [2.75, 3.05) is 47.5 Å². The zero-order chi connectivity index (χ0) is 41.4. The van der Waals surface area contributed by atoms with E-state index in [9.17, 15) is 19.4 Å². The molecule has 0 aliphatic heterocycles. The fourth-order valence-corrected chi connectivity index (χ4v) is 6.41. The predicted molar refractivity (Wildman–Crippen MR) is 234 cm³/mol. The molecule has 9 nitrogen and oxygen atoms in total. The Hall–Kier alpha value is -2.00. The molecule has 326 valence electrons. The molecule has 0 rings (SSSR count). The van der Waals surface area contributed by atoms with Crippen molar-refractivity contribution in [2.24, 2.45) is 0 Å². The van der Waals surface area contributed by atoms with Crippen molar-refractivity contribution in [3.8, 4) is 0 Å². The number of phosphoric ester groups is 1. The van der Waals surface area contributed by atoms with E-state index in [0.29, 0.717) is 30.3 Å². The monoisotopic (exact) mass is 811 g/mol. The summed E-state index contributed by atoms with van der Waals surface area (Å²) in [5.41, 5.74) is 0. The van der Waals surface area contributed by atoms with Crippen molar-refractivity contribution in [3.05, 3.63) is 60.9 Å². The highest BCUT2D eigenvalue weighted by molar-refractivity contribution is 7.47. The second-order valence-corrected chi connectivity index (χ2v) is 17.4. The molecule has 0 aliphatic carbocycles. The zero-order valence-electron chi connectivity index (χ0n) is 36.5. The van der Waals surface area contributed by atoms with Crippen molar-refractivity contribution >= 4 is 13.8 Å². The predicted octanol–water partition coefficient (Wildman–Crippen LogP) is 12.3. The molecule has 0 aromatic rings. The van der Waals surface area contributed by atoms with Gasteiger partial charge in [-0.3, -0.25) is 13.8 Å². The van der Waals surface area contributed by atoms with E-state index in [-0.39, 0.29) is 32.2 Å². The first-order chi connectivity index (χ1) is 27.0. The number of hydrogen-bond acceptors (Lipinski definition) is 7. The molecule has 0 aromatic carbocycles. The van der Waals surface area contributed by atoms with Gasteiger partial charge >= 0.3 is 13.8 Å². The van der Waals surface area contributed by atoms with Crippen molar-refractivity contribution in [3.63, 3.8) is 0 Å². The lowest BCUT2D eigenvalue weighted by Crippen LogP contribution is -2.37. The molecule has 10 heteroatoms. The normalized spacial score (nSPS) is 14.8. The molecule has 56 heavy (non-hydrogen) atoms. The van der Waals surface area contributed by atoms with Gasteiger partial charge in [-0.25, -0.2) is 4.57 Å². The van der Waals surface area contributed by atoms with E-state index in [1.165, 1.54) is 103 Å². The summed E-state index contributed by atoms with van der Waals surface area (Å²) in [5, 5.41) is 10.1. The van der Waals surface area contributed by atoms with Gasteiger partial charge < -0.3 is 24.0 Å². The van der Waals surface area contributed by atoms with Crippen LogP contribution in [-0.2, 0) is 27.9 Å². The number of carbonyl (C=O) groups excluding carboxylic acids is 1. The van der Waals surface area contributed by atoms with Gasteiger partial charge in [-0.2, -0.15) is 0 Å². The Bertz CT molecular complexity index is 1100. The number of nitrogens with zero attached hydrogens (tertiary/aromatic N) is 1. The smallest absolute Gasteiger partial charge is 0.472 e. The first kappa shape index (κ1) is 54.0. The van der Waals surface area contributed by atoms with Gasteiger partial charge in [-0.15, -0.1) is 0 Å². The van der Waals surface area contributed by atoms with Crippen LogP contribution in [0.1, 0.15) is 168 Å². The van der Waals surface area contributed by atoms with Gasteiger partial charge in [0, 0.05) is 6.42 Å². The largest absolute Gasteiger partial charge is 0.492 e. The Balaban J connectivity index is 4.46. The van der Waals surface area contributed by atoms with Crippen LogP contribution in [0.15, 0.2) is 60.9 Å². The molecule has 0 spiro atoms. The van der Waals surface area contributed by atoms with Crippen LogP contribution in [-0.4, -0.2) is 80.2 Å². The maximum absolute atomic E-state index is 12.5. The quantitative estimate of drug-likeness (QED) is 0.0120. The lowest BCUT2D eigenvalue weighted by atomic mass is 10.0. The highest BCUT2D eigenvalue weighted by Gasteiger charge is 2.25. The van der Waals surface area contributed by atoms with E-state index in [4.69, 9.17) is 18.5 Å². The van der Waals surface area contributed by atoms with Gasteiger partial charge in [0.25, 0.3) is 0 Å². The minimum atomic E-state index is -4.30. The molecule has 0 heterocycles. The van der Waals surface area contributed by atoms with Crippen LogP contribution in [0.2, 0.25) is 0 Å². The molecule has 0 aliphatic rings. The maximum atomic E-state index is 12.5. The van der Waals surface area contributed by atoms with Crippen LogP contribution in [0, 0.1) is 0 Å². The summed E-state index contributed by atoms with van der Waals surface area (Å²) in [6.45, 7) is 4.71. The lowest BCUT2D eigenvalue weighted by molar-refractivity contribution is -0.870. The van der Waals surface area contributed by atoms with Crippen LogP contribution in [0.25, 0.3) is 0 Å². The Morgan fingerprint density at radius 3 is 1.86 bits per heavy atom. The molecular weight excluding hydrogens is 725 g/mol. The minimum absolute atomic E-state index is 0.0659. The van der Waals surface area contributed by atoms with Crippen molar-refractivity contribution < 1.29 is 42.4 Å². The average molecular weight is 811 g/mol. The number of phosphoric acid groups is 1. The second kappa shape index (κ2) is 38.5. The number of unbranched alkanes of at least 4 members (excludes halogenated alkanes) is 18. The highest BCUT2D eigenvalue weighted by atomic mass is 31.2. The Labute approximate surface area is 343 Å². The van der Waals surface area contributed by atoms with Crippen LogP contribution in [0.4, 0.5) is 0 Å². The summed E-state index contributed by atoms with van der Waals surface area (Å²) in [5.74, 6) is -0.377. The summed E-state index contributed by atoms with van der Waals surface area (Å²) >= 11 is 0. The molecule has 2 N–H and O–H groups in total. The summed E-state index contributed by atoms with van der Waals surface area (Å²) in [6.07, 6.45) is 45.3. The molecule has 0 saturated carbocycles. The number of likely N-dealkylation sites (N-methyl/N-ethyl adjacent to an activating group) is 1. The molecule has 0 bridgehead atoms. The van der Waals surface area contributed by atoms with E-state index >= 15 is 0 Å². The average Bonchev–Trinajstić information content (AvgIpc) is 3.15. The van der Waals surface area contributed by atoms with Crippen molar-refractivity contribution in [2.45, 2.75) is 180 Å². The molecule has 3 atom stereocenters. The number of carbonyl (C=O) groups is 1. The van der Waals surface area contributed by atoms with Gasteiger partial charge in [-0.05, 0) is 57.4 Å². The summed E-state index contributed by atoms with van der Waals surface area (Å²) in [4.78, 5) is 22.7. The zero-order valence-corrected chi connectivity index (χ0v) is 37.4. The summed E-state index contributed by atoms with van der Waals surface area (Å²) in [7, 11) is 1.59. The topological polar surface area (TPSA) is 112 Å². The molecule has 0 radical (unpaired) electrons. The maximum Gasteiger partial charge on any atom is 0.472 e.